The summed E-state index contributed by atoms with van der Waals surface area (Å²) in [6.45, 7) is 7.17. The van der Waals surface area contributed by atoms with Gasteiger partial charge in [0, 0.05) is 36.4 Å². The fourth-order valence-electron chi connectivity index (χ4n) is 3.90. The van der Waals surface area contributed by atoms with E-state index in [0.29, 0.717) is 6.54 Å². The smallest absolute Gasteiger partial charge is 0.221 e. The van der Waals surface area contributed by atoms with Gasteiger partial charge >= 0.3 is 0 Å². The molecule has 2 aromatic heterocycles. The predicted molar refractivity (Wildman–Crippen MR) is 130 cm³/mol. The highest BCUT2D eigenvalue weighted by Crippen LogP contribution is 2.29. The molecule has 0 atom stereocenters. The van der Waals surface area contributed by atoms with E-state index in [0.717, 1.165) is 51.8 Å². The molecule has 0 aliphatic heterocycles. The first-order valence-electron chi connectivity index (χ1n) is 10.6. The van der Waals surface area contributed by atoms with Crippen molar-refractivity contribution >= 4 is 40.0 Å². The standard InChI is InChI=1S/C25H26ClN5O/c1-16-17(2)31(14-20-5-4-6-21(26)13-20)25-23(16)24(28-15-29-25)27-12-11-19-7-9-22(10-8-19)30-18(3)32/h4-10,13,15H,11-12,14H2,1-3H3,(H,30,32)(H,27,28,29). The number of benzene rings is 2. The fraction of sp³-hybridized carbons (Fsp3) is 0.240. The highest BCUT2D eigenvalue weighted by molar-refractivity contribution is 6.30. The SMILES string of the molecule is CC(=O)Nc1ccc(CCNc2ncnc3c2c(C)c(C)n3Cc2cccc(Cl)c2)cc1. The maximum Gasteiger partial charge on any atom is 0.221 e. The predicted octanol–water partition coefficient (Wildman–Crippen LogP) is 5.36. The van der Waals surface area contributed by atoms with Crippen molar-refractivity contribution in [3.63, 3.8) is 0 Å². The first kappa shape index (κ1) is 21.8. The lowest BCUT2D eigenvalue weighted by Gasteiger charge is -2.10. The van der Waals surface area contributed by atoms with Gasteiger partial charge in [-0.1, -0.05) is 35.9 Å². The highest BCUT2D eigenvalue weighted by atomic mass is 35.5. The molecule has 0 radical (unpaired) electrons. The Hall–Kier alpha value is -3.38. The summed E-state index contributed by atoms with van der Waals surface area (Å²) in [5.74, 6) is 0.774. The Labute approximate surface area is 192 Å². The third-order valence-electron chi connectivity index (χ3n) is 5.62. The van der Waals surface area contributed by atoms with Crippen LogP contribution < -0.4 is 10.6 Å². The number of amides is 1. The molecule has 4 aromatic rings. The van der Waals surface area contributed by atoms with Crippen molar-refractivity contribution in [2.75, 3.05) is 17.2 Å². The van der Waals surface area contributed by atoms with Crippen LogP contribution in [0.25, 0.3) is 11.0 Å². The van der Waals surface area contributed by atoms with Gasteiger partial charge in [-0.05, 0) is 61.2 Å². The first-order valence-corrected chi connectivity index (χ1v) is 11.0. The molecule has 0 saturated carbocycles. The number of anilines is 2. The van der Waals surface area contributed by atoms with E-state index in [1.807, 2.05) is 42.5 Å². The molecule has 0 aliphatic rings. The molecule has 0 spiro atoms. The van der Waals surface area contributed by atoms with E-state index < -0.39 is 0 Å². The third kappa shape index (κ3) is 4.75. The Balaban J connectivity index is 1.52. The summed E-state index contributed by atoms with van der Waals surface area (Å²) in [4.78, 5) is 20.3. The van der Waals surface area contributed by atoms with Crippen molar-refractivity contribution < 1.29 is 4.79 Å². The van der Waals surface area contributed by atoms with Crippen molar-refractivity contribution in [3.05, 3.63) is 82.3 Å². The normalized spacial score (nSPS) is 11.0. The second-order valence-corrected chi connectivity index (χ2v) is 8.34. The minimum atomic E-state index is -0.0693. The van der Waals surface area contributed by atoms with Crippen molar-refractivity contribution in [2.24, 2.45) is 0 Å². The highest BCUT2D eigenvalue weighted by Gasteiger charge is 2.16. The second kappa shape index (κ2) is 9.40. The van der Waals surface area contributed by atoms with E-state index in [-0.39, 0.29) is 5.91 Å². The number of carbonyl (C=O) groups excluding carboxylic acids is 1. The summed E-state index contributed by atoms with van der Waals surface area (Å²) in [6.07, 6.45) is 2.45. The molecule has 164 valence electrons. The summed E-state index contributed by atoms with van der Waals surface area (Å²) >= 11 is 6.17. The fourth-order valence-corrected chi connectivity index (χ4v) is 4.11. The monoisotopic (exact) mass is 447 g/mol. The minimum absolute atomic E-state index is 0.0693. The Bertz CT molecular complexity index is 1260. The maximum absolute atomic E-state index is 11.2. The summed E-state index contributed by atoms with van der Waals surface area (Å²) < 4.78 is 2.21. The Kier molecular flexibility index (Phi) is 6.42. The van der Waals surface area contributed by atoms with Crippen LogP contribution in [0.4, 0.5) is 11.5 Å². The van der Waals surface area contributed by atoms with Gasteiger partial charge in [-0.25, -0.2) is 9.97 Å². The van der Waals surface area contributed by atoms with Gasteiger partial charge in [0.1, 0.15) is 17.8 Å². The lowest BCUT2D eigenvalue weighted by molar-refractivity contribution is -0.114. The molecular formula is C25H26ClN5O. The van der Waals surface area contributed by atoms with Crippen LogP contribution in [0.2, 0.25) is 5.02 Å². The zero-order valence-electron chi connectivity index (χ0n) is 18.4. The quantitative estimate of drug-likeness (QED) is 0.400. The third-order valence-corrected chi connectivity index (χ3v) is 5.85. The number of aryl methyl sites for hydroxylation is 1. The van der Waals surface area contributed by atoms with Crippen molar-refractivity contribution in [1.29, 1.82) is 0 Å². The molecule has 0 bridgehead atoms. The molecule has 2 N–H and O–H groups in total. The van der Waals surface area contributed by atoms with Crippen molar-refractivity contribution in [1.82, 2.24) is 14.5 Å². The van der Waals surface area contributed by atoms with Crippen LogP contribution in [-0.2, 0) is 17.8 Å². The van der Waals surface area contributed by atoms with Crippen LogP contribution in [-0.4, -0.2) is 27.0 Å². The van der Waals surface area contributed by atoms with Gasteiger partial charge < -0.3 is 15.2 Å². The lowest BCUT2D eigenvalue weighted by Crippen LogP contribution is -2.08. The zero-order valence-corrected chi connectivity index (χ0v) is 19.2. The van der Waals surface area contributed by atoms with Crippen LogP contribution in [0, 0.1) is 13.8 Å². The molecule has 7 heteroatoms. The number of aromatic nitrogens is 3. The molecule has 0 saturated heterocycles. The topological polar surface area (TPSA) is 71.8 Å². The zero-order chi connectivity index (χ0) is 22.7. The van der Waals surface area contributed by atoms with E-state index in [1.54, 1.807) is 6.33 Å². The van der Waals surface area contributed by atoms with Gasteiger partial charge in [0.25, 0.3) is 0 Å². The Morgan fingerprint density at radius 2 is 1.84 bits per heavy atom. The van der Waals surface area contributed by atoms with Gasteiger partial charge in [-0.2, -0.15) is 0 Å². The molecule has 2 aromatic carbocycles. The molecule has 2 heterocycles. The van der Waals surface area contributed by atoms with Gasteiger partial charge in [-0.3, -0.25) is 4.79 Å². The van der Waals surface area contributed by atoms with Crippen LogP contribution in [0.15, 0.2) is 54.9 Å². The van der Waals surface area contributed by atoms with Crippen LogP contribution in [0.1, 0.15) is 29.3 Å². The van der Waals surface area contributed by atoms with Gasteiger partial charge in [-0.15, -0.1) is 0 Å². The molecule has 1 amide bonds. The van der Waals surface area contributed by atoms with Gasteiger partial charge in [0.05, 0.1) is 5.39 Å². The lowest BCUT2D eigenvalue weighted by atomic mass is 10.1. The number of nitrogens with zero attached hydrogens (tertiary/aromatic N) is 3. The van der Waals surface area contributed by atoms with Crippen LogP contribution >= 0.6 is 11.6 Å². The summed E-state index contributed by atoms with van der Waals surface area (Å²) in [7, 11) is 0. The summed E-state index contributed by atoms with van der Waals surface area (Å²) in [5.41, 5.74) is 6.37. The average molecular weight is 448 g/mol. The molecule has 6 nitrogen and oxygen atoms in total. The molecule has 0 unspecified atom stereocenters. The molecule has 0 aliphatic carbocycles. The van der Waals surface area contributed by atoms with Gasteiger partial charge in [0.2, 0.25) is 5.91 Å². The largest absolute Gasteiger partial charge is 0.369 e. The minimum Gasteiger partial charge on any atom is -0.369 e. The van der Waals surface area contributed by atoms with E-state index in [9.17, 15) is 4.79 Å². The molecule has 0 fully saturated rings. The Morgan fingerprint density at radius 3 is 2.56 bits per heavy atom. The first-order chi connectivity index (χ1) is 15.4. The molecule has 32 heavy (non-hydrogen) atoms. The van der Waals surface area contributed by atoms with Crippen molar-refractivity contribution in [3.8, 4) is 0 Å². The average Bonchev–Trinajstić information content (AvgIpc) is 3.00. The van der Waals surface area contributed by atoms with E-state index in [2.05, 4.69) is 45.1 Å². The molecule has 4 rings (SSSR count). The van der Waals surface area contributed by atoms with Crippen molar-refractivity contribution in [2.45, 2.75) is 33.7 Å². The van der Waals surface area contributed by atoms with Gasteiger partial charge in [0.15, 0.2) is 0 Å². The number of nitrogens with one attached hydrogen (secondary N) is 2. The number of halogens is 1. The number of hydrogen-bond donors (Lipinski definition) is 2. The number of carbonyl (C=O) groups is 1. The van der Waals surface area contributed by atoms with E-state index in [4.69, 9.17) is 11.6 Å². The summed E-state index contributed by atoms with van der Waals surface area (Å²) in [6, 6.07) is 15.8. The number of rotatable bonds is 7. The summed E-state index contributed by atoms with van der Waals surface area (Å²) in [5, 5.41) is 8.05. The number of fused-ring (bicyclic) bond motifs is 1. The molecular weight excluding hydrogens is 422 g/mol. The Morgan fingerprint density at radius 1 is 1.06 bits per heavy atom. The maximum atomic E-state index is 11.2. The second-order valence-electron chi connectivity index (χ2n) is 7.90. The van der Waals surface area contributed by atoms with Crippen LogP contribution in [0.3, 0.4) is 0 Å². The number of hydrogen-bond acceptors (Lipinski definition) is 4. The van der Waals surface area contributed by atoms with E-state index in [1.165, 1.54) is 18.1 Å². The van der Waals surface area contributed by atoms with E-state index >= 15 is 0 Å². The van der Waals surface area contributed by atoms with Crippen LogP contribution in [0.5, 0.6) is 0 Å².